The highest BCUT2D eigenvalue weighted by Gasteiger charge is 2.33. The number of benzene rings is 3. The van der Waals surface area contributed by atoms with Crippen molar-refractivity contribution in [1.82, 2.24) is 9.55 Å². The molecule has 0 atom stereocenters. The van der Waals surface area contributed by atoms with Gasteiger partial charge in [0.1, 0.15) is 5.01 Å². The lowest BCUT2D eigenvalue weighted by molar-refractivity contribution is -0.137. The molecule has 2 nitrogen and oxygen atoms in total. The minimum atomic E-state index is -4.39. The molecule has 1 aliphatic rings. The Morgan fingerprint density at radius 2 is 1.58 bits per heavy atom. The van der Waals surface area contributed by atoms with Crippen molar-refractivity contribution in [2.75, 3.05) is 0 Å². The Balaban J connectivity index is 1.55. The maximum Gasteiger partial charge on any atom is 0.416 e. The van der Waals surface area contributed by atoms with Crippen LogP contribution in [0, 0.1) is 0 Å². The number of hydrogen-bond donors (Lipinski definition) is 0. The monoisotopic (exact) mass is 476 g/mol. The Labute approximate surface area is 196 Å². The maximum absolute atomic E-state index is 13.4. The summed E-state index contributed by atoms with van der Waals surface area (Å²) in [6.07, 6.45) is -0.424. The second kappa shape index (κ2) is 7.64. The summed E-state index contributed by atoms with van der Waals surface area (Å²) in [6.45, 7) is 0. The van der Waals surface area contributed by atoms with Crippen LogP contribution in [0.2, 0.25) is 0 Å². The molecule has 0 saturated heterocycles. The molecule has 7 heteroatoms. The van der Waals surface area contributed by atoms with E-state index in [1.165, 1.54) is 17.8 Å². The van der Waals surface area contributed by atoms with Crippen LogP contribution in [0.5, 0.6) is 0 Å². The molecule has 0 N–H and O–H groups in total. The first-order valence-electron chi connectivity index (χ1n) is 10.2. The minimum Gasteiger partial charge on any atom is -0.324 e. The van der Waals surface area contributed by atoms with Crippen LogP contribution in [-0.2, 0) is 6.18 Å². The summed E-state index contributed by atoms with van der Waals surface area (Å²) in [6, 6.07) is 23.8. The molecule has 3 heterocycles. The summed E-state index contributed by atoms with van der Waals surface area (Å²) in [4.78, 5) is 7.41. The third kappa shape index (κ3) is 3.57. The van der Waals surface area contributed by atoms with Crippen LogP contribution in [0.4, 0.5) is 13.2 Å². The standard InChI is InChI=1S/C26H15F3N2S2/c27-26(28,29)17-10-11-19-22(15-17)32-21-9-2-1-8-20(21)24-23(19)30-25(33-24)16-6-5-7-18(14-16)31-12-3-4-13-31/h1-15H. The van der Waals surface area contributed by atoms with Gasteiger partial charge < -0.3 is 4.57 Å². The summed E-state index contributed by atoms with van der Waals surface area (Å²) in [5.74, 6) is 0. The Morgan fingerprint density at radius 3 is 2.39 bits per heavy atom. The van der Waals surface area contributed by atoms with Gasteiger partial charge in [-0.25, -0.2) is 4.98 Å². The molecule has 2 aromatic heterocycles. The first-order chi connectivity index (χ1) is 16.0. The van der Waals surface area contributed by atoms with Gasteiger partial charge in [-0.05, 0) is 42.5 Å². The van der Waals surface area contributed by atoms with Gasteiger partial charge in [0.05, 0.1) is 16.1 Å². The topological polar surface area (TPSA) is 17.8 Å². The molecule has 6 rings (SSSR count). The van der Waals surface area contributed by atoms with Crippen LogP contribution in [0.1, 0.15) is 5.56 Å². The van der Waals surface area contributed by atoms with Gasteiger partial charge in [0, 0.05) is 44.6 Å². The highest BCUT2D eigenvalue weighted by molar-refractivity contribution is 7.99. The van der Waals surface area contributed by atoms with E-state index in [4.69, 9.17) is 4.98 Å². The van der Waals surface area contributed by atoms with Gasteiger partial charge in [-0.1, -0.05) is 48.2 Å². The number of alkyl halides is 3. The number of nitrogens with zero attached hydrogens (tertiary/aromatic N) is 2. The van der Waals surface area contributed by atoms with Gasteiger partial charge in [-0.3, -0.25) is 0 Å². The first kappa shape index (κ1) is 20.3. The quantitative estimate of drug-likeness (QED) is 0.250. The zero-order valence-electron chi connectivity index (χ0n) is 17.0. The molecule has 0 fully saturated rings. The normalized spacial score (nSPS) is 12.6. The smallest absolute Gasteiger partial charge is 0.324 e. The lowest BCUT2D eigenvalue weighted by Crippen LogP contribution is -2.04. The fourth-order valence-electron chi connectivity index (χ4n) is 3.96. The third-order valence-corrected chi connectivity index (χ3v) is 7.81. The lowest BCUT2D eigenvalue weighted by atomic mass is 10.0. The molecular formula is C26H15F3N2S2. The van der Waals surface area contributed by atoms with Crippen molar-refractivity contribution in [2.45, 2.75) is 16.0 Å². The van der Waals surface area contributed by atoms with Crippen LogP contribution in [0.15, 0.2) is 101 Å². The predicted octanol–water partition coefficient (Wildman–Crippen LogP) is 8.42. The van der Waals surface area contributed by atoms with Crippen LogP contribution >= 0.6 is 23.1 Å². The SMILES string of the molecule is FC(F)(F)c1ccc2c(c1)Sc1ccccc1-c1sc(-c3cccc(-n4cccc4)c3)nc1-2. The molecule has 162 valence electrons. The highest BCUT2D eigenvalue weighted by Crippen LogP contribution is 2.51. The Hall–Kier alpha value is -3.29. The predicted molar refractivity (Wildman–Crippen MR) is 127 cm³/mol. The molecule has 0 aliphatic carbocycles. The average molecular weight is 477 g/mol. The molecule has 0 spiro atoms. The Morgan fingerprint density at radius 1 is 0.758 bits per heavy atom. The third-order valence-electron chi connectivity index (χ3n) is 5.54. The average Bonchev–Trinajstić information content (AvgIpc) is 3.48. The van der Waals surface area contributed by atoms with Crippen molar-refractivity contribution < 1.29 is 13.2 Å². The molecular weight excluding hydrogens is 461 g/mol. The van der Waals surface area contributed by atoms with Gasteiger partial charge in [-0.15, -0.1) is 11.3 Å². The lowest BCUT2D eigenvalue weighted by Gasteiger charge is -2.11. The van der Waals surface area contributed by atoms with Gasteiger partial charge in [-0.2, -0.15) is 13.2 Å². The van der Waals surface area contributed by atoms with E-state index in [0.29, 0.717) is 4.90 Å². The van der Waals surface area contributed by atoms with E-state index in [0.717, 1.165) is 48.9 Å². The Bertz CT molecular complexity index is 1480. The number of halogens is 3. The Kier molecular flexibility index (Phi) is 4.71. The number of fused-ring (bicyclic) bond motifs is 5. The second-order valence-corrected chi connectivity index (χ2v) is 9.73. The van der Waals surface area contributed by atoms with E-state index in [2.05, 4.69) is 6.07 Å². The molecule has 0 radical (unpaired) electrons. The molecule has 0 amide bonds. The molecule has 3 aromatic carbocycles. The number of thiazole rings is 1. The summed E-state index contributed by atoms with van der Waals surface area (Å²) in [7, 11) is 0. The van der Waals surface area contributed by atoms with E-state index in [-0.39, 0.29) is 0 Å². The second-order valence-electron chi connectivity index (χ2n) is 7.64. The summed E-state index contributed by atoms with van der Waals surface area (Å²) < 4.78 is 42.2. The number of hydrogen-bond acceptors (Lipinski definition) is 3. The van der Waals surface area contributed by atoms with E-state index in [1.54, 1.807) is 17.4 Å². The number of rotatable bonds is 2. The molecule has 1 aliphatic heterocycles. The first-order valence-corrected chi connectivity index (χ1v) is 11.8. The van der Waals surface area contributed by atoms with Crippen molar-refractivity contribution in [2.24, 2.45) is 0 Å². The van der Waals surface area contributed by atoms with Crippen LogP contribution < -0.4 is 0 Å². The van der Waals surface area contributed by atoms with Gasteiger partial charge in [0.2, 0.25) is 0 Å². The van der Waals surface area contributed by atoms with Crippen molar-refractivity contribution in [3.8, 4) is 38.0 Å². The van der Waals surface area contributed by atoms with Gasteiger partial charge in [0.15, 0.2) is 0 Å². The summed E-state index contributed by atoms with van der Waals surface area (Å²) >= 11 is 2.93. The van der Waals surface area contributed by atoms with E-state index in [1.807, 2.05) is 71.6 Å². The summed E-state index contributed by atoms with van der Waals surface area (Å²) in [5.41, 5.74) is 3.79. The molecule has 33 heavy (non-hydrogen) atoms. The molecule has 0 saturated carbocycles. The molecule has 0 bridgehead atoms. The van der Waals surface area contributed by atoms with E-state index < -0.39 is 11.7 Å². The molecule has 0 unspecified atom stereocenters. The van der Waals surface area contributed by atoms with E-state index >= 15 is 0 Å². The van der Waals surface area contributed by atoms with Crippen LogP contribution in [-0.4, -0.2) is 9.55 Å². The summed E-state index contributed by atoms with van der Waals surface area (Å²) in [5, 5.41) is 0.835. The zero-order valence-corrected chi connectivity index (χ0v) is 18.6. The van der Waals surface area contributed by atoms with Crippen molar-refractivity contribution in [3.05, 3.63) is 96.8 Å². The van der Waals surface area contributed by atoms with Crippen molar-refractivity contribution in [1.29, 1.82) is 0 Å². The largest absolute Gasteiger partial charge is 0.416 e. The number of aromatic nitrogens is 2. The zero-order chi connectivity index (χ0) is 22.6. The van der Waals surface area contributed by atoms with Gasteiger partial charge >= 0.3 is 6.18 Å². The van der Waals surface area contributed by atoms with Crippen molar-refractivity contribution in [3.63, 3.8) is 0 Å². The minimum absolute atomic E-state index is 0.564. The fraction of sp³-hybridized carbons (Fsp3) is 0.0385. The molecule has 5 aromatic rings. The van der Waals surface area contributed by atoms with Crippen LogP contribution in [0.25, 0.3) is 38.0 Å². The fourth-order valence-corrected chi connectivity index (χ4v) is 6.26. The van der Waals surface area contributed by atoms with E-state index in [9.17, 15) is 13.2 Å². The maximum atomic E-state index is 13.4. The van der Waals surface area contributed by atoms with Crippen molar-refractivity contribution >= 4 is 23.1 Å². The van der Waals surface area contributed by atoms with Crippen LogP contribution in [0.3, 0.4) is 0 Å². The highest BCUT2D eigenvalue weighted by atomic mass is 32.2. The van der Waals surface area contributed by atoms with Gasteiger partial charge in [0.25, 0.3) is 0 Å².